The summed E-state index contributed by atoms with van der Waals surface area (Å²) in [4.78, 5) is 85.1. The quantitative estimate of drug-likeness (QED) is 0.0660. The summed E-state index contributed by atoms with van der Waals surface area (Å²) < 4.78 is 0. The van der Waals surface area contributed by atoms with Crippen molar-refractivity contribution in [3.8, 4) is 22.3 Å². The minimum atomic E-state index is -1.04. The van der Waals surface area contributed by atoms with Crippen LogP contribution >= 0.6 is 0 Å². The van der Waals surface area contributed by atoms with Crippen molar-refractivity contribution in [2.24, 2.45) is 23.3 Å². The summed E-state index contributed by atoms with van der Waals surface area (Å²) in [7, 11) is 0. The van der Waals surface area contributed by atoms with Crippen LogP contribution in [0.2, 0.25) is 0 Å². The maximum atomic E-state index is 14.4. The van der Waals surface area contributed by atoms with E-state index in [1.165, 1.54) is 15.0 Å². The standard InChI is InChI=1S/C54H75N11O6/c1-38(2)31-47-53(70)60-63(30-14-13-29-56)35-49(66)57-46(19-11-12-28-55)52(69)61-64(33-40-20-24-44(25-21-40)42-15-7-5-8-16-42)36-50(67)59-48(32-39(3)4)54(71)62-65(37-51(68)58-47)34-41-22-26-45(27-23-41)43-17-9-6-10-18-43/h5-10,15-18,20-27,38-39,46-48H,11-14,19,28-37,55-56H2,1-4H3,(H,57,66)(H,58,68)(H,59,67)(H,60,70)(H,61,69)(H,62,71)/t46-,47-,48-/m0/s1. The van der Waals surface area contributed by atoms with E-state index in [-0.39, 0.29) is 70.4 Å². The van der Waals surface area contributed by atoms with Crippen LogP contribution in [0.1, 0.15) is 83.8 Å². The van der Waals surface area contributed by atoms with Gasteiger partial charge in [-0.1, -0.05) is 137 Å². The lowest BCUT2D eigenvalue weighted by Crippen LogP contribution is -2.58. The van der Waals surface area contributed by atoms with E-state index in [4.69, 9.17) is 11.5 Å². The zero-order valence-corrected chi connectivity index (χ0v) is 41.8. The van der Waals surface area contributed by atoms with Gasteiger partial charge in [-0.25, -0.2) is 15.0 Å². The number of benzene rings is 4. The molecular formula is C54H75N11O6. The third-order valence-corrected chi connectivity index (χ3v) is 11.9. The zero-order chi connectivity index (χ0) is 51.1. The van der Waals surface area contributed by atoms with Gasteiger partial charge in [-0.2, -0.15) is 0 Å². The molecule has 71 heavy (non-hydrogen) atoms. The van der Waals surface area contributed by atoms with Gasteiger partial charge >= 0.3 is 0 Å². The molecule has 17 nitrogen and oxygen atoms in total. The highest BCUT2D eigenvalue weighted by Crippen LogP contribution is 2.21. The number of carbonyl (C=O) groups excluding carboxylic acids is 6. The highest BCUT2D eigenvalue weighted by atomic mass is 16.2. The molecule has 1 aliphatic heterocycles. The molecule has 382 valence electrons. The average molecular weight is 974 g/mol. The van der Waals surface area contributed by atoms with Gasteiger partial charge in [0.05, 0.1) is 19.6 Å². The van der Waals surface area contributed by atoms with E-state index in [2.05, 4.69) is 32.2 Å². The number of hydrazine groups is 3. The van der Waals surface area contributed by atoms with Crippen molar-refractivity contribution in [1.29, 1.82) is 0 Å². The Morgan fingerprint density at radius 1 is 0.451 bits per heavy atom. The first kappa shape index (κ1) is 55.4. The number of carbonyl (C=O) groups is 6. The van der Waals surface area contributed by atoms with E-state index in [1.54, 1.807) is 0 Å². The largest absolute Gasteiger partial charge is 0.343 e. The number of nitrogens with zero attached hydrogens (tertiary/aromatic N) is 3. The van der Waals surface area contributed by atoms with Crippen molar-refractivity contribution in [2.45, 2.75) is 104 Å². The Balaban J connectivity index is 1.50. The minimum Gasteiger partial charge on any atom is -0.343 e. The third kappa shape index (κ3) is 19.3. The molecule has 10 N–H and O–H groups in total. The van der Waals surface area contributed by atoms with Gasteiger partial charge in [-0.3, -0.25) is 45.0 Å². The van der Waals surface area contributed by atoms with Gasteiger partial charge in [0.15, 0.2) is 0 Å². The van der Waals surface area contributed by atoms with E-state index < -0.39 is 53.6 Å². The van der Waals surface area contributed by atoms with Crippen molar-refractivity contribution in [3.63, 3.8) is 0 Å². The van der Waals surface area contributed by atoms with Crippen molar-refractivity contribution >= 4 is 35.4 Å². The van der Waals surface area contributed by atoms with Gasteiger partial charge in [0, 0.05) is 19.6 Å². The molecule has 4 aromatic carbocycles. The highest BCUT2D eigenvalue weighted by Gasteiger charge is 2.30. The Labute approximate surface area is 419 Å². The minimum absolute atomic E-state index is 0.0186. The van der Waals surface area contributed by atoms with Crippen molar-refractivity contribution in [2.75, 3.05) is 39.3 Å². The second kappa shape index (κ2) is 29.0. The Bertz CT molecular complexity index is 2300. The Morgan fingerprint density at radius 3 is 1.21 bits per heavy atom. The molecule has 0 bridgehead atoms. The van der Waals surface area contributed by atoms with Crippen LogP contribution in [0.15, 0.2) is 109 Å². The molecule has 17 heteroatoms. The van der Waals surface area contributed by atoms with Gasteiger partial charge in [-0.05, 0) is 103 Å². The molecule has 4 aromatic rings. The highest BCUT2D eigenvalue weighted by molar-refractivity contribution is 5.91. The molecule has 0 radical (unpaired) electrons. The summed E-state index contributed by atoms with van der Waals surface area (Å²) in [5.41, 5.74) is 26.0. The summed E-state index contributed by atoms with van der Waals surface area (Å²) >= 11 is 0. The van der Waals surface area contributed by atoms with E-state index >= 15 is 0 Å². The maximum Gasteiger partial charge on any atom is 0.256 e. The van der Waals surface area contributed by atoms with Crippen LogP contribution in [-0.4, -0.2) is 108 Å². The SMILES string of the molecule is CC(C)C[C@@H]1NC(=O)CN(Cc2ccc(-c3ccccc3)cc2)NC(=O)[C@H](CC(C)C)NC(=O)CN(Cc2ccc(-c3ccccc3)cc2)NC(=O)[C@H](CCCCN)NC(=O)CN(CCCCN)NC1=O. The summed E-state index contributed by atoms with van der Waals surface area (Å²) in [6.07, 6.45) is 3.06. The van der Waals surface area contributed by atoms with Crippen LogP contribution in [0.5, 0.6) is 0 Å². The molecule has 0 aliphatic carbocycles. The number of hydrogen-bond acceptors (Lipinski definition) is 11. The molecule has 1 aliphatic rings. The molecule has 1 saturated heterocycles. The van der Waals surface area contributed by atoms with Crippen molar-refractivity contribution in [1.82, 2.24) is 47.3 Å². The zero-order valence-electron chi connectivity index (χ0n) is 41.8. The number of amides is 6. The smallest absolute Gasteiger partial charge is 0.256 e. The normalized spacial score (nSPS) is 19.0. The van der Waals surface area contributed by atoms with Gasteiger partial charge in [-0.15, -0.1) is 0 Å². The second-order valence-corrected chi connectivity index (χ2v) is 19.1. The van der Waals surface area contributed by atoms with Crippen LogP contribution in [0.4, 0.5) is 0 Å². The lowest BCUT2D eigenvalue weighted by molar-refractivity contribution is -0.137. The molecule has 1 heterocycles. The Hall–Kier alpha value is -6.50. The fourth-order valence-electron chi connectivity index (χ4n) is 8.31. The number of hydrogen-bond donors (Lipinski definition) is 8. The second-order valence-electron chi connectivity index (χ2n) is 19.1. The van der Waals surface area contributed by atoms with E-state index in [0.29, 0.717) is 38.8 Å². The fourth-order valence-corrected chi connectivity index (χ4v) is 8.31. The topological polar surface area (TPSA) is 236 Å². The van der Waals surface area contributed by atoms with E-state index in [1.807, 2.05) is 137 Å². The molecule has 0 aromatic heterocycles. The summed E-state index contributed by atoms with van der Waals surface area (Å²) in [6, 6.07) is 32.2. The van der Waals surface area contributed by atoms with Gasteiger partial charge in [0.1, 0.15) is 18.1 Å². The first-order valence-electron chi connectivity index (χ1n) is 24.9. The molecular weight excluding hydrogens is 899 g/mol. The van der Waals surface area contributed by atoms with Crippen molar-refractivity contribution < 1.29 is 28.8 Å². The fraction of sp³-hybridized carbons (Fsp3) is 0.444. The van der Waals surface area contributed by atoms with Gasteiger partial charge in [0.2, 0.25) is 17.7 Å². The summed E-state index contributed by atoms with van der Waals surface area (Å²) in [5.74, 6) is -3.31. The monoisotopic (exact) mass is 974 g/mol. The molecule has 1 fully saturated rings. The predicted molar refractivity (Wildman–Crippen MR) is 276 cm³/mol. The van der Waals surface area contributed by atoms with Gasteiger partial charge in [0.25, 0.3) is 17.7 Å². The number of unbranched alkanes of at least 4 members (excludes halogenated alkanes) is 2. The first-order valence-corrected chi connectivity index (χ1v) is 24.9. The molecule has 3 atom stereocenters. The lowest BCUT2D eigenvalue weighted by Gasteiger charge is -2.29. The molecule has 6 amide bonds. The maximum absolute atomic E-state index is 14.4. The summed E-state index contributed by atoms with van der Waals surface area (Å²) in [5, 5.41) is 13.1. The number of nitrogens with two attached hydrogens (primary N) is 2. The molecule has 0 unspecified atom stereocenters. The van der Waals surface area contributed by atoms with Crippen LogP contribution in [0.3, 0.4) is 0 Å². The predicted octanol–water partition coefficient (Wildman–Crippen LogP) is 4.15. The van der Waals surface area contributed by atoms with Gasteiger partial charge < -0.3 is 27.4 Å². The van der Waals surface area contributed by atoms with Crippen LogP contribution in [-0.2, 0) is 41.9 Å². The Morgan fingerprint density at radius 2 is 0.803 bits per heavy atom. The van der Waals surface area contributed by atoms with E-state index in [0.717, 1.165) is 33.4 Å². The van der Waals surface area contributed by atoms with Crippen LogP contribution in [0, 0.1) is 11.8 Å². The van der Waals surface area contributed by atoms with Crippen LogP contribution in [0.25, 0.3) is 22.3 Å². The molecule has 0 saturated carbocycles. The summed E-state index contributed by atoms with van der Waals surface area (Å²) in [6.45, 7) is 7.98. The average Bonchev–Trinajstić information content (AvgIpc) is 3.33. The first-order chi connectivity index (χ1) is 34.2. The number of rotatable bonds is 18. The number of nitrogens with one attached hydrogen (secondary N) is 6. The third-order valence-electron chi connectivity index (χ3n) is 11.9. The lowest BCUT2D eigenvalue weighted by atomic mass is 10.0. The van der Waals surface area contributed by atoms with Crippen molar-refractivity contribution in [3.05, 3.63) is 120 Å². The molecule has 5 rings (SSSR count). The molecule has 0 spiro atoms. The Kier molecular flexibility index (Phi) is 22.6. The van der Waals surface area contributed by atoms with Crippen LogP contribution < -0.4 is 43.7 Å². The van der Waals surface area contributed by atoms with E-state index in [9.17, 15) is 28.8 Å².